The Labute approximate surface area is 144 Å². The van der Waals surface area contributed by atoms with Gasteiger partial charge in [0.25, 0.3) is 5.91 Å². The topological polar surface area (TPSA) is 61.9 Å². The average molecular weight is 338 g/mol. The van der Waals surface area contributed by atoms with E-state index in [4.69, 9.17) is 0 Å². The van der Waals surface area contributed by atoms with Gasteiger partial charge >= 0.3 is 0 Å². The molecule has 0 saturated carbocycles. The van der Waals surface area contributed by atoms with E-state index in [0.29, 0.717) is 17.8 Å². The van der Waals surface area contributed by atoms with E-state index < -0.39 is 0 Å². The Morgan fingerprint density at radius 3 is 2.88 bits per heavy atom. The van der Waals surface area contributed by atoms with Crippen LogP contribution in [0.15, 0.2) is 36.5 Å². The third-order valence-electron chi connectivity index (χ3n) is 4.87. The third-order valence-corrected chi connectivity index (χ3v) is 4.87. The molecule has 1 aliphatic heterocycles. The summed E-state index contributed by atoms with van der Waals surface area (Å²) in [5.74, 6) is -0.299. The van der Waals surface area contributed by atoms with Crippen molar-refractivity contribution >= 4 is 16.9 Å². The lowest BCUT2D eigenvalue weighted by Gasteiger charge is -2.36. The van der Waals surface area contributed by atoms with Crippen LogP contribution in [0.3, 0.4) is 0 Å². The van der Waals surface area contributed by atoms with Crippen molar-refractivity contribution < 1.29 is 9.18 Å². The molecule has 1 atom stereocenters. The normalized spacial score (nSPS) is 17.8. The first kappa shape index (κ1) is 15.7. The van der Waals surface area contributed by atoms with Gasteiger partial charge in [-0.05, 0) is 49.9 Å². The number of carbonyl (C=O) groups excluding carboxylic acids is 1. The summed E-state index contributed by atoms with van der Waals surface area (Å²) in [4.78, 5) is 19.3. The molecule has 128 valence electrons. The molecule has 5 nitrogen and oxygen atoms in total. The molecule has 1 N–H and O–H groups in total. The number of hydrogen-bond acceptors (Lipinski definition) is 3. The minimum atomic E-state index is -0.262. The Hall–Kier alpha value is -2.76. The number of aromatic nitrogens is 3. The van der Waals surface area contributed by atoms with Gasteiger partial charge in [0.05, 0.1) is 17.3 Å². The molecule has 0 radical (unpaired) electrons. The summed E-state index contributed by atoms with van der Waals surface area (Å²) in [7, 11) is 0. The van der Waals surface area contributed by atoms with E-state index in [-0.39, 0.29) is 17.8 Å². The molecule has 1 unspecified atom stereocenters. The summed E-state index contributed by atoms with van der Waals surface area (Å²) in [6.45, 7) is 2.58. The summed E-state index contributed by atoms with van der Waals surface area (Å²) in [6, 6.07) is 8.27. The van der Waals surface area contributed by atoms with Gasteiger partial charge in [-0.15, -0.1) is 0 Å². The van der Waals surface area contributed by atoms with Crippen LogP contribution >= 0.6 is 0 Å². The fraction of sp³-hybridized carbons (Fsp3) is 0.316. The van der Waals surface area contributed by atoms with E-state index in [0.717, 1.165) is 35.9 Å². The van der Waals surface area contributed by atoms with E-state index in [1.807, 2.05) is 17.9 Å². The second-order valence-electron chi connectivity index (χ2n) is 6.49. The van der Waals surface area contributed by atoms with Crippen molar-refractivity contribution in [1.29, 1.82) is 0 Å². The van der Waals surface area contributed by atoms with Gasteiger partial charge < -0.3 is 4.90 Å². The monoisotopic (exact) mass is 338 g/mol. The number of H-pyrrole nitrogens is 1. The highest BCUT2D eigenvalue weighted by Crippen LogP contribution is 2.32. The predicted octanol–water partition coefficient (Wildman–Crippen LogP) is 3.77. The van der Waals surface area contributed by atoms with Crippen molar-refractivity contribution in [2.45, 2.75) is 32.2 Å². The Balaban J connectivity index is 1.67. The number of rotatable bonds is 2. The van der Waals surface area contributed by atoms with Crippen LogP contribution in [0, 0.1) is 12.7 Å². The predicted molar refractivity (Wildman–Crippen MR) is 92.7 cm³/mol. The van der Waals surface area contributed by atoms with Crippen molar-refractivity contribution in [1.82, 2.24) is 20.1 Å². The number of aryl methyl sites for hydroxylation is 1. The number of likely N-dealkylation sites (tertiary alicyclic amines) is 1. The number of benzene rings is 1. The number of aromatic amines is 1. The van der Waals surface area contributed by atoms with Crippen molar-refractivity contribution in [3.8, 4) is 0 Å². The van der Waals surface area contributed by atoms with Gasteiger partial charge in [-0.25, -0.2) is 9.37 Å². The average Bonchev–Trinajstić information content (AvgIpc) is 3.02. The summed E-state index contributed by atoms with van der Waals surface area (Å²) >= 11 is 0. The van der Waals surface area contributed by atoms with Crippen LogP contribution < -0.4 is 0 Å². The number of hydrogen-bond donors (Lipinski definition) is 1. The second-order valence-corrected chi connectivity index (χ2v) is 6.49. The fourth-order valence-electron chi connectivity index (χ4n) is 3.52. The number of halogens is 1. The number of carbonyl (C=O) groups is 1. The van der Waals surface area contributed by atoms with Crippen LogP contribution in [0.4, 0.5) is 4.39 Å². The molecule has 2 aromatic heterocycles. The molecule has 1 fully saturated rings. The molecule has 1 amide bonds. The van der Waals surface area contributed by atoms with Gasteiger partial charge in [0.1, 0.15) is 5.82 Å². The number of fused-ring (bicyclic) bond motifs is 1. The molecule has 1 saturated heterocycles. The molecule has 6 heteroatoms. The quantitative estimate of drug-likeness (QED) is 0.773. The summed E-state index contributed by atoms with van der Waals surface area (Å²) in [5.41, 5.74) is 3.04. The number of pyridine rings is 1. The second kappa shape index (κ2) is 6.27. The van der Waals surface area contributed by atoms with Crippen LogP contribution in [0.25, 0.3) is 11.0 Å². The van der Waals surface area contributed by atoms with E-state index in [2.05, 4.69) is 15.2 Å². The van der Waals surface area contributed by atoms with E-state index >= 15 is 0 Å². The van der Waals surface area contributed by atoms with Gasteiger partial charge in [0.15, 0.2) is 5.65 Å². The van der Waals surface area contributed by atoms with Crippen LogP contribution in [0.2, 0.25) is 0 Å². The van der Waals surface area contributed by atoms with Crippen LogP contribution in [0.5, 0.6) is 0 Å². The van der Waals surface area contributed by atoms with Gasteiger partial charge in [0.2, 0.25) is 0 Å². The molecular formula is C19H19FN4O. The molecule has 3 heterocycles. The standard InChI is InChI=1S/C19H19FN4O/c1-12-16-10-14(11-21-18(16)23-22-12)19(25)24-9-3-2-4-17(24)13-5-7-15(20)8-6-13/h5-8,10-11,17H,2-4,9H2,1H3,(H,21,22,23). The van der Waals surface area contributed by atoms with Crippen LogP contribution in [-0.2, 0) is 0 Å². The summed E-state index contributed by atoms with van der Waals surface area (Å²) in [6.07, 6.45) is 4.52. The molecule has 0 aliphatic carbocycles. The Morgan fingerprint density at radius 2 is 2.08 bits per heavy atom. The summed E-state index contributed by atoms with van der Waals surface area (Å²) in [5, 5.41) is 7.85. The smallest absolute Gasteiger partial charge is 0.255 e. The summed E-state index contributed by atoms with van der Waals surface area (Å²) < 4.78 is 13.2. The highest BCUT2D eigenvalue weighted by molar-refractivity contribution is 5.97. The van der Waals surface area contributed by atoms with E-state index in [1.54, 1.807) is 18.3 Å². The third kappa shape index (κ3) is 2.88. The Bertz CT molecular complexity index is 919. The lowest BCUT2D eigenvalue weighted by Crippen LogP contribution is -2.38. The van der Waals surface area contributed by atoms with Gasteiger partial charge in [-0.2, -0.15) is 5.10 Å². The molecular weight excluding hydrogens is 319 g/mol. The number of piperidine rings is 1. The van der Waals surface area contributed by atoms with Crippen molar-refractivity contribution in [2.24, 2.45) is 0 Å². The molecule has 3 aromatic rings. The van der Waals surface area contributed by atoms with E-state index in [1.165, 1.54) is 12.1 Å². The Kier molecular flexibility index (Phi) is 3.95. The molecule has 1 aromatic carbocycles. The first-order chi connectivity index (χ1) is 12.1. The maximum atomic E-state index is 13.2. The Morgan fingerprint density at radius 1 is 1.28 bits per heavy atom. The zero-order valence-electron chi connectivity index (χ0n) is 14.0. The molecule has 0 spiro atoms. The van der Waals surface area contributed by atoms with Crippen LogP contribution in [-0.4, -0.2) is 32.5 Å². The van der Waals surface area contributed by atoms with Crippen molar-refractivity contribution in [3.63, 3.8) is 0 Å². The van der Waals surface area contributed by atoms with Crippen molar-refractivity contribution in [2.75, 3.05) is 6.54 Å². The molecule has 25 heavy (non-hydrogen) atoms. The van der Waals surface area contributed by atoms with Crippen LogP contribution in [0.1, 0.15) is 46.9 Å². The minimum absolute atomic E-state index is 0.0250. The molecule has 0 bridgehead atoms. The number of amides is 1. The first-order valence-corrected chi connectivity index (χ1v) is 8.50. The highest BCUT2D eigenvalue weighted by atomic mass is 19.1. The lowest BCUT2D eigenvalue weighted by molar-refractivity contribution is 0.0611. The maximum Gasteiger partial charge on any atom is 0.255 e. The highest BCUT2D eigenvalue weighted by Gasteiger charge is 2.29. The first-order valence-electron chi connectivity index (χ1n) is 8.50. The number of nitrogens with one attached hydrogen (secondary N) is 1. The minimum Gasteiger partial charge on any atom is -0.332 e. The van der Waals surface area contributed by atoms with Gasteiger partial charge in [0, 0.05) is 18.1 Å². The zero-order valence-corrected chi connectivity index (χ0v) is 14.0. The van der Waals surface area contributed by atoms with Crippen molar-refractivity contribution in [3.05, 3.63) is 59.2 Å². The molecule has 4 rings (SSSR count). The van der Waals surface area contributed by atoms with Gasteiger partial charge in [-0.3, -0.25) is 9.89 Å². The molecule has 1 aliphatic rings. The van der Waals surface area contributed by atoms with E-state index in [9.17, 15) is 9.18 Å². The zero-order chi connectivity index (χ0) is 17.4. The largest absolute Gasteiger partial charge is 0.332 e. The fourth-order valence-corrected chi connectivity index (χ4v) is 3.52. The SMILES string of the molecule is Cc1n[nH]c2ncc(C(=O)N3CCCCC3c3ccc(F)cc3)cc12. The lowest BCUT2D eigenvalue weighted by atomic mass is 9.94. The number of nitrogens with zero attached hydrogens (tertiary/aromatic N) is 3. The maximum absolute atomic E-state index is 13.2. The van der Waals surface area contributed by atoms with Gasteiger partial charge in [-0.1, -0.05) is 12.1 Å².